The van der Waals surface area contributed by atoms with Crippen LogP contribution >= 0.6 is 11.6 Å². The van der Waals surface area contributed by atoms with Gasteiger partial charge >= 0.3 is 0 Å². The van der Waals surface area contributed by atoms with Gasteiger partial charge in [0, 0.05) is 30.6 Å². The largest absolute Gasteiger partial charge is 0.452 e. The van der Waals surface area contributed by atoms with E-state index in [0.29, 0.717) is 16.9 Å². The van der Waals surface area contributed by atoms with Gasteiger partial charge in [0.1, 0.15) is 6.26 Å². The van der Waals surface area contributed by atoms with E-state index in [1.54, 1.807) is 0 Å². The fourth-order valence-corrected chi connectivity index (χ4v) is 4.47. The first kappa shape index (κ1) is 16.0. The first-order valence-corrected chi connectivity index (χ1v) is 9.19. The van der Waals surface area contributed by atoms with Crippen molar-refractivity contribution in [2.45, 2.75) is 57.5 Å². The number of carbonyl (C=O) groups excluding carboxylic acids is 2. The molecule has 0 aromatic carbocycles. The fraction of sp³-hybridized carbons (Fsp3) is 0.667. The quantitative estimate of drug-likeness (QED) is 0.910. The van der Waals surface area contributed by atoms with Crippen LogP contribution in [0.3, 0.4) is 0 Å². The van der Waals surface area contributed by atoms with E-state index in [4.69, 9.17) is 16.0 Å². The zero-order valence-corrected chi connectivity index (χ0v) is 14.6. The van der Waals surface area contributed by atoms with E-state index in [0.717, 1.165) is 32.2 Å². The van der Waals surface area contributed by atoms with Crippen molar-refractivity contribution in [3.63, 3.8) is 0 Å². The zero-order chi connectivity index (χ0) is 16.9. The molecule has 1 aromatic heterocycles. The molecule has 1 aliphatic heterocycles. The summed E-state index contributed by atoms with van der Waals surface area (Å²) < 4.78 is 4.96. The second-order valence-corrected chi connectivity index (χ2v) is 8.19. The van der Waals surface area contributed by atoms with Crippen molar-refractivity contribution in [2.24, 2.45) is 11.3 Å². The molecule has 2 aliphatic carbocycles. The number of rotatable bonds is 3. The van der Waals surface area contributed by atoms with Gasteiger partial charge < -0.3 is 14.6 Å². The summed E-state index contributed by atoms with van der Waals surface area (Å²) >= 11 is 5.71. The number of halogens is 1. The van der Waals surface area contributed by atoms with Gasteiger partial charge in [0.05, 0.1) is 5.56 Å². The van der Waals surface area contributed by atoms with Crippen LogP contribution in [0.25, 0.3) is 0 Å². The number of nitrogens with one attached hydrogen (secondary N) is 1. The van der Waals surface area contributed by atoms with E-state index < -0.39 is 0 Å². The lowest BCUT2D eigenvalue weighted by Crippen LogP contribution is -2.53. The maximum Gasteiger partial charge on any atom is 0.254 e. The van der Waals surface area contributed by atoms with Crippen LogP contribution in [0, 0.1) is 11.3 Å². The van der Waals surface area contributed by atoms with Crippen molar-refractivity contribution in [3.05, 3.63) is 23.1 Å². The predicted octanol–water partition coefficient (Wildman–Crippen LogP) is 3.23. The topological polar surface area (TPSA) is 62.6 Å². The number of piperidine rings is 1. The van der Waals surface area contributed by atoms with Crippen LogP contribution in [-0.2, 0) is 4.79 Å². The number of carbonyl (C=O) groups is 2. The third-order valence-electron chi connectivity index (χ3n) is 5.99. The van der Waals surface area contributed by atoms with Gasteiger partial charge in [0.25, 0.3) is 5.91 Å². The van der Waals surface area contributed by atoms with Gasteiger partial charge in [-0.2, -0.15) is 0 Å². The molecule has 2 heterocycles. The van der Waals surface area contributed by atoms with Crippen molar-refractivity contribution in [1.29, 1.82) is 0 Å². The van der Waals surface area contributed by atoms with Crippen LogP contribution in [0.5, 0.6) is 0 Å². The summed E-state index contributed by atoms with van der Waals surface area (Å²) in [6.45, 7) is 2.80. The average Bonchev–Trinajstić information content (AvgIpc) is 3.20. The molecule has 5 nitrogen and oxygen atoms in total. The first-order chi connectivity index (χ1) is 11.5. The normalized spacial score (nSPS) is 28.5. The summed E-state index contributed by atoms with van der Waals surface area (Å²) in [6.07, 6.45) is 7.78. The minimum atomic E-state index is -0.169. The summed E-state index contributed by atoms with van der Waals surface area (Å²) in [7, 11) is 0. The molecule has 2 atom stereocenters. The zero-order valence-electron chi connectivity index (χ0n) is 13.9. The Morgan fingerprint density at radius 2 is 2.12 bits per heavy atom. The van der Waals surface area contributed by atoms with Crippen molar-refractivity contribution in [2.75, 3.05) is 6.54 Å². The number of furan rings is 1. The van der Waals surface area contributed by atoms with Crippen LogP contribution in [0.15, 0.2) is 16.7 Å². The van der Waals surface area contributed by atoms with Gasteiger partial charge in [0.2, 0.25) is 5.91 Å². The molecule has 3 fully saturated rings. The van der Waals surface area contributed by atoms with E-state index in [-0.39, 0.29) is 29.1 Å². The maximum absolute atomic E-state index is 12.7. The molecule has 4 rings (SSSR count). The van der Waals surface area contributed by atoms with Crippen LogP contribution in [0.4, 0.5) is 0 Å². The van der Waals surface area contributed by atoms with Crippen molar-refractivity contribution < 1.29 is 14.0 Å². The third kappa shape index (κ3) is 2.94. The summed E-state index contributed by atoms with van der Waals surface area (Å²) in [5.74, 6) is 0.401. The highest BCUT2D eigenvalue weighted by Crippen LogP contribution is 2.63. The number of hydrogen-bond acceptors (Lipinski definition) is 3. The smallest absolute Gasteiger partial charge is 0.254 e. The third-order valence-corrected chi connectivity index (χ3v) is 6.19. The first-order valence-electron chi connectivity index (χ1n) is 8.81. The van der Waals surface area contributed by atoms with Gasteiger partial charge in [-0.15, -0.1) is 0 Å². The Kier molecular flexibility index (Phi) is 3.87. The highest BCUT2D eigenvalue weighted by molar-refractivity contribution is 6.29. The summed E-state index contributed by atoms with van der Waals surface area (Å²) in [4.78, 5) is 26.9. The molecule has 1 N–H and O–H groups in total. The van der Waals surface area contributed by atoms with Crippen LogP contribution in [-0.4, -0.2) is 35.3 Å². The minimum Gasteiger partial charge on any atom is -0.452 e. The van der Waals surface area contributed by atoms with E-state index in [1.807, 2.05) is 4.90 Å². The van der Waals surface area contributed by atoms with Gasteiger partial charge in [0.15, 0.2) is 5.22 Å². The molecule has 2 saturated carbocycles. The highest BCUT2D eigenvalue weighted by Gasteiger charge is 2.55. The molecule has 1 spiro atoms. The second-order valence-electron chi connectivity index (χ2n) is 7.82. The van der Waals surface area contributed by atoms with E-state index in [2.05, 4.69) is 12.2 Å². The summed E-state index contributed by atoms with van der Waals surface area (Å²) in [5.41, 5.74) is 0.997. The molecule has 24 heavy (non-hydrogen) atoms. The summed E-state index contributed by atoms with van der Waals surface area (Å²) in [5, 5.41) is 3.23. The Balaban J connectivity index is 1.29. The molecule has 2 unspecified atom stereocenters. The van der Waals surface area contributed by atoms with Crippen molar-refractivity contribution >= 4 is 23.4 Å². The van der Waals surface area contributed by atoms with Crippen molar-refractivity contribution in [1.82, 2.24) is 10.2 Å². The Bertz CT molecular complexity index is 659. The lowest BCUT2D eigenvalue weighted by Gasteiger charge is -2.43. The van der Waals surface area contributed by atoms with E-state index in [1.165, 1.54) is 25.2 Å². The lowest BCUT2D eigenvalue weighted by molar-refractivity contribution is -0.144. The molecule has 1 aromatic rings. The van der Waals surface area contributed by atoms with Crippen LogP contribution in [0.1, 0.15) is 55.8 Å². The molecular weight excluding hydrogens is 328 g/mol. The second kappa shape index (κ2) is 5.80. The number of amides is 2. The molecular formula is C18H23ClN2O3. The molecule has 0 radical (unpaired) electrons. The van der Waals surface area contributed by atoms with Gasteiger partial charge in [-0.1, -0.05) is 0 Å². The lowest BCUT2D eigenvalue weighted by atomic mass is 9.71. The SMILES string of the molecule is CC1CC(NC(=O)c2coc(Cl)c2)CCN1C(=O)C1CC2(CC2)C1. The Morgan fingerprint density at radius 3 is 2.71 bits per heavy atom. The van der Waals surface area contributed by atoms with E-state index >= 15 is 0 Å². The average molecular weight is 351 g/mol. The molecule has 2 amide bonds. The minimum absolute atomic E-state index is 0.0846. The highest BCUT2D eigenvalue weighted by atomic mass is 35.5. The molecule has 0 bridgehead atoms. The fourth-order valence-electron chi connectivity index (χ4n) is 4.31. The predicted molar refractivity (Wildman–Crippen MR) is 89.8 cm³/mol. The Labute approximate surface area is 146 Å². The standard InChI is InChI=1S/C18H23ClN2O3/c1-11-6-14(20-16(22)12-7-15(19)24-10-12)2-5-21(11)17(23)13-8-18(9-13)3-4-18/h7,10-11,13-14H,2-6,8-9H2,1H3,(H,20,22). The molecule has 3 aliphatic rings. The maximum atomic E-state index is 12.7. The summed E-state index contributed by atoms with van der Waals surface area (Å²) in [6, 6.07) is 1.77. The Hall–Kier alpha value is -1.49. The number of hydrogen-bond donors (Lipinski definition) is 1. The Morgan fingerprint density at radius 1 is 1.38 bits per heavy atom. The molecule has 6 heteroatoms. The number of nitrogens with zero attached hydrogens (tertiary/aromatic N) is 1. The van der Waals surface area contributed by atoms with Gasteiger partial charge in [-0.05, 0) is 62.5 Å². The molecule has 1 saturated heterocycles. The van der Waals surface area contributed by atoms with Crippen LogP contribution in [0.2, 0.25) is 5.22 Å². The monoisotopic (exact) mass is 350 g/mol. The number of likely N-dealkylation sites (tertiary alicyclic amines) is 1. The molecule has 130 valence electrons. The van der Waals surface area contributed by atoms with Gasteiger partial charge in [-0.25, -0.2) is 0 Å². The van der Waals surface area contributed by atoms with E-state index in [9.17, 15) is 9.59 Å². The van der Waals surface area contributed by atoms with Crippen LogP contribution < -0.4 is 5.32 Å². The van der Waals surface area contributed by atoms with Gasteiger partial charge in [-0.3, -0.25) is 9.59 Å². The van der Waals surface area contributed by atoms with Crippen molar-refractivity contribution in [3.8, 4) is 0 Å².